The minimum Gasteiger partial charge on any atom is -0.317 e. The van der Waals surface area contributed by atoms with Gasteiger partial charge < -0.3 is 5.32 Å². The van der Waals surface area contributed by atoms with Crippen molar-refractivity contribution in [2.75, 3.05) is 19.6 Å². The molecule has 0 heterocycles. The summed E-state index contributed by atoms with van der Waals surface area (Å²) in [5.41, 5.74) is 1.13. The van der Waals surface area contributed by atoms with Crippen LogP contribution in [-0.4, -0.2) is 38.4 Å². The highest BCUT2D eigenvalue weighted by Crippen LogP contribution is 2.19. The Morgan fingerprint density at radius 1 is 1.29 bits per heavy atom. The fourth-order valence-electron chi connectivity index (χ4n) is 2.09. The molecule has 0 spiro atoms. The Morgan fingerprint density at radius 3 is 2.38 bits per heavy atom. The molecule has 0 fully saturated rings. The number of nitrogens with zero attached hydrogens (tertiary/aromatic N) is 1. The number of likely N-dealkylation sites (N-methyl/N-ethyl adjacent to an activating group) is 1. The second kappa shape index (κ2) is 8.32. The first-order valence-corrected chi connectivity index (χ1v) is 8.79. The molecule has 1 rings (SSSR count). The minimum atomic E-state index is -3.46. The highest BCUT2D eigenvalue weighted by molar-refractivity contribution is 7.89. The molecule has 0 saturated carbocycles. The monoisotopic (exact) mass is 310 g/mol. The molecule has 0 aliphatic heterocycles. The largest absolute Gasteiger partial charge is 0.317 e. The zero-order chi connectivity index (χ0) is 15.9. The molecular formula is C16H26N2O2S. The van der Waals surface area contributed by atoms with Crippen molar-refractivity contribution in [3.8, 4) is 0 Å². The summed E-state index contributed by atoms with van der Waals surface area (Å²) in [4.78, 5) is 0.338. The molecule has 0 aromatic heterocycles. The molecule has 0 aliphatic carbocycles. The van der Waals surface area contributed by atoms with Gasteiger partial charge in [-0.05, 0) is 51.1 Å². The molecule has 0 atom stereocenters. The number of sulfonamides is 1. The van der Waals surface area contributed by atoms with Gasteiger partial charge in [0.1, 0.15) is 0 Å². The topological polar surface area (TPSA) is 49.4 Å². The summed E-state index contributed by atoms with van der Waals surface area (Å²) in [5.74, 6) is 0. The van der Waals surface area contributed by atoms with Crippen LogP contribution < -0.4 is 5.32 Å². The second-order valence-electron chi connectivity index (χ2n) is 5.20. The fourth-order valence-corrected chi connectivity index (χ4v) is 3.69. The first-order valence-electron chi connectivity index (χ1n) is 7.35. The van der Waals surface area contributed by atoms with Crippen LogP contribution in [0.15, 0.2) is 41.8 Å². The Morgan fingerprint density at radius 2 is 1.90 bits per heavy atom. The lowest BCUT2D eigenvalue weighted by molar-refractivity contribution is 0.383. The molecule has 4 nitrogen and oxygen atoms in total. The van der Waals surface area contributed by atoms with Gasteiger partial charge in [-0.2, -0.15) is 4.31 Å². The number of rotatable bonds is 9. The van der Waals surface area contributed by atoms with Gasteiger partial charge in [0.25, 0.3) is 0 Å². The SMILES string of the molecule is C=CCN(C(C)C)S(=O)(=O)c1ccc(CCNCC)cc1. The molecular weight excluding hydrogens is 284 g/mol. The Hall–Kier alpha value is -1.17. The van der Waals surface area contributed by atoms with Crippen LogP contribution in [0.1, 0.15) is 26.3 Å². The Labute approximate surface area is 128 Å². The molecule has 0 radical (unpaired) electrons. The van der Waals surface area contributed by atoms with E-state index < -0.39 is 10.0 Å². The van der Waals surface area contributed by atoms with Crippen LogP contribution in [0.5, 0.6) is 0 Å². The first-order chi connectivity index (χ1) is 9.93. The van der Waals surface area contributed by atoms with E-state index in [1.54, 1.807) is 18.2 Å². The van der Waals surface area contributed by atoms with Crippen LogP contribution in [0.3, 0.4) is 0 Å². The normalized spacial score (nSPS) is 12.0. The molecule has 0 bridgehead atoms. The van der Waals surface area contributed by atoms with Crippen LogP contribution in [0.25, 0.3) is 0 Å². The molecule has 0 aliphatic rings. The summed E-state index contributed by atoms with van der Waals surface area (Å²) in [5, 5.41) is 3.25. The van der Waals surface area contributed by atoms with E-state index in [0.717, 1.165) is 25.1 Å². The van der Waals surface area contributed by atoms with Crippen molar-refractivity contribution < 1.29 is 8.42 Å². The molecule has 1 aromatic carbocycles. The van der Waals surface area contributed by atoms with E-state index >= 15 is 0 Å². The molecule has 118 valence electrons. The van der Waals surface area contributed by atoms with Gasteiger partial charge in [-0.15, -0.1) is 6.58 Å². The van der Waals surface area contributed by atoms with Crippen molar-refractivity contribution in [1.82, 2.24) is 9.62 Å². The lowest BCUT2D eigenvalue weighted by Gasteiger charge is -2.24. The van der Waals surface area contributed by atoms with Crippen molar-refractivity contribution in [3.63, 3.8) is 0 Å². The van der Waals surface area contributed by atoms with E-state index in [2.05, 4.69) is 18.8 Å². The predicted molar refractivity (Wildman–Crippen MR) is 87.9 cm³/mol. The maximum atomic E-state index is 12.6. The third-order valence-corrected chi connectivity index (χ3v) is 5.31. The highest BCUT2D eigenvalue weighted by Gasteiger charge is 2.25. The van der Waals surface area contributed by atoms with Gasteiger partial charge in [0.15, 0.2) is 0 Å². The molecule has 5 heteroatoms. The lowest BCUT2D eigenvalue weighted by atomic mass is 10.1. The summed E-state index contributed by atoms with van der Waals surface area (Å²) >= 11 is 0. The van der Waals surface area contributed by atoms with Gasteiger partial charge >= 0.3 is 0 Å². The van der Waals surface area contributed by atoms with Crippen molar-refractivity contribution in [2.24, 2.45) is 0 Å². The molecule has 21 heavy (non-hydrogen) atoms. The number of nitrogens with one attached hydrogen (secondary N) is 1. The van der Waals surface area contributed by atoms with Gasteiger partial charge in [-0.3, -0.25) is 0 Å². The van der Waals surface area contributed by atoms with Gasteiger partial charge in [0.2, 0.25) is 10.0 Å². The van der Waals surface area contributed by atoms with E-state index in [1.807, 2.05) is 26.0 Å². The molecule has 1 aromatic rings. The molecule has 0 saturated heterocycles. The number of hydrogen-bond donors (Lipinski definition) is 1. The van der Waals surface area contributed by atoms with Gasteiger partial charge in [-0.25, -0.2) is 8.42 Å². The van der Waals surface area contributed by atoms with Gasteiger partial charge in [-0.1, -0.05) is 25.1 Å². The predicted octanol–water partition coefficient (Wildman–Crippen LogP) is 2.42. The smallest absolute Gasteiger partial charge is 0.243 e. The fraction of sp³-hybridized carbons (Fsp3) is 0.500. The molecule has 0 unspecified atom stereocenters. The van der Waals surface area contributed by atoms with Gasteiger partial charge in [0.05, 0.1) is 4.90 Å². The van der Waals surface area contributed by atoms with Crippen molar-refractivity contribution >= 4 is 10.0 Å². The first kappa shape index (κ1) is 17.9. The molecule has 1 N–H and O–H groups in total. The van der Waals surface area contributed by atoms with E-state index in [0.29, 0.717) is 11.4 Å². The van der Waals surface area contributed by atoms with Crippen molar-refractivity contribution in [1.29, 1.82) is 0 Å². The average Bonchev–Trinajstić information content (AvgIpc) is 2.45. The second-order valence-corrected chi connectivity index (χ2v) is 7.10. The minimum absolute atomic E-state index is 0.0959. The quantitative estimate of drug-likeness (QED) is 0.563. The lowest BCUT2D eigenvalue weighted by Crippen LogP contribution is -2.37. The maximum absolute atomic E-state index is 12.6. The van der Waals surface area contributed by atoms with Crippen molar-refractivity contribution in [3.05, 3.63) is 42.5 Å². The standard InChI is InChI=1S/C16H26N2O2S/c1-5-13-18(14(3)4)21(19,20)16-9-7-15(8-10-16)11-12-17-6-2/h5,7-10,14,17H,1,6,11-13H2,2-4H3. The zero-order valence-electron chi connectivity index (χ0n) is 13.2. The van der Waals surface area contributed by atoms with Crippen LogP contribution in [0, 0.1) is 0 Å². The maximum Gasteiger partial charge on any atom is 0.243 e. The van der Waals surface area contributed by atoms with E-state index in [9.17, 15) is 8.42 Å². The zero-order valence-corrected chi connectivity index (χ0v) is 14.0. The summed E-state index contributed by atoms with van der Waals surface area (Å²) in [7, 11) is -3.46. The summed E-state index contributed by atoms with van der Waals surface area (Å²) in [6, 6.07) is 7.05. The van der Waals surface area contributed by atoms with E-state index in [4.69, 9.17) is 0 Å². The summed E-state index contributed by atoms with van der Waals surface area (Å²) in [6.07, 6.45) is 2.51. The Kier molecular flexibility index (Phi) is 7.08. The van der Waals surface area contributed by atoms with Gasteiger partial charge in [0, 0.05) is 12.6 Å². The highest BCUT2D eigenvalue weighted by atomic mass is 32.2. The number of hydrogen-bond acceptors (Lipinski definition) is 3. The van der Waals surface area contributed by atoms with Crippen LogP contribution in [0.4, 0.5) is 0 Å². The average molecular weight is 310 g/mol. The summed E-state index contributed by atoms with van der Waals surface area (Å²) < 4.78 is 26.7. The van der Waals surface area contributed by atoms with Crippen LogP contribution in [0.2, 0.25) is 0 Å². The molecule has 0 amide bonds. The van der Waals surface area contributed by atoms with E-state index in [-0.39, 0.29) is 6.04 Å². The number of benzene rings is 1. The Balaban J connectivity index is 2.90. The Bertz CT molecular complexity index is 536. The van der Waals surface area contributed by atoms with Crippen molar-refractivity contribution in [2.45, 2.75) is 38.1 Å². The third kappa shape index (κ3) is 4.95. The van der Waals surface area contributed by atoms with Crippen LogP contribution in [-0.2, 0) is 16.4 Å². The van der Waals surface area contributed by atoms with Crippen LogP contribution >= 0.6 is 0 Å². The van der Waals surface area contributed by atoms with E-state index in [1.165, 1.54) is 4.31 Å². The summed E-state index contributed by atoms with van der Waals surface area (Å²) in [6.45, 7) is 11.6. The third-order valence-electron chi connectivity index (χ3n) is 3.26.